The minimum Gasteiger partial charge on any atom is -0.462 e. The van der Waals surface area contributed by atoms with Gasteiger partial charge in [0.2, 0.25) is 0 Å². The number of rotatable bonds is 62. The lowest BCUT2D eigenvalue weighted by Crippen LogP contribution is -2.30. The fourth-order valence-corrected chi connectivity index (χ4v) is 9.98. The Hall–Kier alpha value is -2.63. The van der Waals surface area contributed by atoms with Crippen LogP contribution in [0.1, 0.15) is 361 Å². The first kappa shape index (κ1) is 73.4. The van der Waals surface area contributed by atoms with E-state index in [2.05, 4.69) is 69.4 Å². The van der Waals surface area contributed by atoms with Gasteiger partial charge in [-0.05, 0) is 83.5 Å². The maximum absolute atomic E-state index is 12.9. The van der Waals surface area contributed by atoms with Crippen molar-refractivity contribution in [3.8, 4) is 0 Å². The van der Waals surface area contributed by atoms with Crippen molar-refractivity contribution in [3.63, 3.8) is 0 Å². The lowest BCUT2D eigenvalue weighted by molar-refractivity contribution is -0.167. The van der Waals surface area contributed by atoms with Crippen LogP contribution in [0.4, 0.5) is 0 Å². The highest BCUT2D eigenvalue weighted by molar-refractivity contribution is 5.71. The minimum atomic E-state index is -0.781. The summed E-state index contributed by atoms with van der Waals surface area (Å²) in [7, 11) is 0. The van der Waals surface area contributed by atoms with Crippen molar-refractivity contribution < 1.29 is 28.6 Å². The first-order valence-corrected chi connectivity index (χ1v) is 33.6. The molecule has 0 rings (SSSR count). The average molecular weight is 1070 g/mol. The number of carbonyl (C=O) groups is 3. The molecule has 0 N–H and O–H groups in total. The highest BCUT2D eigenvalue weighted by atomic mass is 16.6. The van der Waals surface area contributed by atoms with Crippen LogP contribution in [0.15, 0.2) is 48.6 Å². The van der Waals surface area contributed by atoms with Gasteiger partial charge in [0, 0.05) is 19.3 Å². The molecule has 0 aliphatic carbocycles. The third kappa shape index (κ3) is 62.2. The van der Waals surface area contributed by atoms with Crippen molar-refractivity contribution in [1.29, 1.82) is 0 Å². The summed E-state index contributed by atoms with van der Waals surface area (Å²) in [5, 5.41) is 0. The van der Waals surface area contributed by atoms with Gasteiger partial charge in [-0.15, -0.1) is 0 Å². The van der Waals surface area contributed by atoms with Gasteiger partial charge in [0.1, 0.15) is 13.2 Å². The molecule has 0 aliphatic rings. The van der Waals surface area contributed by atoms with Crippen molar-refractivity contribution in [2.75, 3.05) is 13.2 Å². The number of esters is 3. The van der Waals surface area contributed by atoms with E-state index in [-0.39, 0.29) is 31.1 Å². The van der Waals surface area contributed by atoms with Gasteiger partial charge in [0.15, 0.2) is 6.10 Å². The summed E-state index contributed by atoms with van der Waals surface area (Å²) >= 11 is 0. The molecule has 0 aromatic rings. The summed E-state index contributed by atoms with van der Waals surface area (Å²) in [4.78, 5) is 38.4. The SMILES string of the molecule is CCCCC/C=C\C/C=C\CCCCCCCCCCCC(=O)OC(COC(=O)CCCCCCC/C=C\C/C=C\CCCCC)COC(=O)CCCCCCCCCCCCCCCCCCCCCCCCCC. The zero-order chi connectivity index (χ0) is 55.0. The fourth-order valence-electron chi connectivity index (χ4n) is 9.98. The monoisotopic (exact) mass is 1060 g/mol. The number of carbonyl (C=O) groups excluding carboxylic acids is 3. The minimum absolute atomic E-state index is 0.0756. The molecule has 0 saturated carbocycles. The maximum Gasteiger partial charge on any atom is 0.306 e. The maximum atomic E-state index is 12.9. The molecule has 444 valence electrons. The van der Waals surface area contributed by atoms with Gasteiger partial charge in [-0.25, -0.2) is 0 Å². The number of allylic oxidation sites excluding steroid dienone is 8. The van der Waals surface area contributed by atoms with Crippen molar-refractivity contribution in [3.05, 3.63) is 48.6 Å². The summed E-state index contributed by atoms with van der Waals surface area (Å²) < 4.78 is 17.0. The third-order valence-electron chi connectivity index (χ3n) is 15.1. The van der Waals surface area contributed by atoms with Gasteiger partial charge in [-0.2, -0.15) is 0 Å². The van der Waals surface area contributed by atoms with E-state index in [0.717, 1.165) is 83.5 Å². The zero-order valence-electron chi connectivity index (χ0n) is 51.0. The fraction of sp³-hybridized carbons (Fsp3) is 0.843. The van der Waals surface area contributed by atoms with Gasteiger partial charge in [0.05, 0.1) is 0 Å². The Morgan fingerprint density at radius 2 is 0.474 bits per heavy atom. The highest BCUT2D eigenvalue weighted by Gasteiger charge is 2.19. The first-order valence-electron chi connectivity index (χ1n) is 33.6. The van der Waals surface area contributed by atoms with Crippen molar-refractivity contribution >= 4 is 17.9 Å². The number of unbranched alkanes of at least 4 members (excludes halogenated alkanes) is 43. The summed E-state index contributed by atoms with van der Waals surface area (Å²) in [6, 6.07) is 0. The van der Waals surface area contributed by atoms with Crippen LogP contribution in [0, 0.1) is 0 Å². The molecule has 0 fully saturated rings. The summed E-state index contributed by atoms with van der Waals surface area (Å²) in [6.07, 6.45) is 81.2. The molecule has 1 atom stereocenters. The normalized spacial score (nSPS) is 12.3. The summed E-state index contributed by atoms with van der Waals surface area (Å²) in [6.45, 7) is 6.64. The van der Waals surface area contributed by atoms with Crippen LogP contribution < -0.4 is 0 Å². The van der Waals surface area contributed by atoms with E-state index >= 15 is 0 Å². The molecular weight excluding hydrogens is 937 g/mol. The van der Waals surface area contributed by atoms with Crippen LogP contribution in [-0.4, -0.2) is 37.2 Å². The van der Waals surface area contributed by atoms with Crippen molar-refractivity contribution in [1.82, 2.24) is 0 Å². The van der Waals surface area contributed by atoms with E-state index in [1.54, 1.807) is 0 Å². The van der Waals surface area contributed by atoms with E-state index in [1.165, 1.54) is 238 Å². The molecule has 0 aliphatic heterocycles. The number of hydrogen-bond acceptors (Lipinski definition) is 6. The molecule has 0 amide bonds. The van der Waals surface area contributed by atoms with Gasteiger partial charge in [-0.1, -0.05) is 307 Å². The predicted octanol–water partition coefficient (Wildman–Crippen LogP) is 22.9. The smallest absolute Gasteiger partial charge is 0.306 e. The predicted molar refractivity (Wildman–Crippen MR) is 330 cm³/mol. The Morgan fingerprint density at radius 3 is 0.750 bits per heavy atom. The Kier molecular flexibility index (Phi) is 62.6. The largest absolute Gasteiger partial charge is 0.462 e. The Labute approximate surface area is 473 Å². The Morgan fingerprint density at radius 1 is 0.263 bits per heavy atom. The highest BCUT2D eigenvalue weighted by Crippen LogP contribution is 2.18. The molecular formula is C70H128O6. The van der Waals surface area contributed by atoms with Gasteiger partial charge in [0.25, 0.3) is 0 Å². The molecule has 6 nitrogen and oxygen atoms in total. The topological polar surface area (TPSA) is 78.9 Å². The molecule has 76 heavy (non-hydrogen) atoms. The van der Waals surface area contributed by atoms with Crippen molar-refractivity contribution in [2.45, 2.75) is 367 Å². The Balaban J connectivity index is 4.29. The van der Waals surface area contributed by atoms with E-state index in [4.69, 9.17) is 14.2 Å². The van der Waals surface area contributed by atoms with Crippen LogP contribution in [0.3, 0.4) is 0 Å². The molecule has 6 heteroatoms. The van der Waals surface area contributed by atoms with E-state index in [1.807, 2.05) is 0 Å². The molecule has 0 aromatic carbocycles. The van der Waals surface area contributed by atoms with Crippen LogP contribution >= 0.6 is 0 Å². The quantitative estimate of drug-likeness (QED) is 0.0261. The molecule has 0 spiro atoms. The Bertz CT molecular complexity index is 1310. The van der Waals surface area contributed by atoms with Crippen LogP contribution in [0.2, 0.25) is 0 Å². The first-order chi connectivity index (χ1) is 37.5. The molecule has 0 radical (unpaired) electrons. The number of ether oxygens (including phenoxy) is 3. The van der Waals surface area contributed by atoms with E-state index < -0.39 is 6.10 Å². The molecule has 0 saturated heterocycles. The molecule has 0 bridgehead atoms. The van der Waals surface area contributed by atoms with Gasteiger partial charge >= 0.3 is 17.9 Å². The van der Waals surface area contributed by atoms with E-state index in [9.17, 15) is 14.4 Å². The van der Waals surface area contributed by atoms with E-state index in [0.29, 0.717) is 19.3 Å². The standard InChI is InChI=1S/C70H128O6/c1-4-7-10-13-16-19-22-25-28-30-32-33-34-35-36-38-39-42-45-48-51-54-57-60-63-69(72)75-66-67(65-74-68(71)62-59-56-53-50-47-44-41-27-24-21-18-15-12-9-6-3)76-70(73)64-61-58-55-52-49-46-43-40-37-31-29-26-23-20-17-14-11-8-5-2/h17-18,20-21,26-27,29,41,67H,4-16,19,22-25,28,30-40,42-66H2,1-3H3/b20-17-,21-18-,29-26-,41-27-. The molecule has 1 unspecified atom stereocenters. The second-order valence-corrected chi connectivity index (χ2v) is 22.7. The van der Waals surface area contributed by atoms with Crippen LogP contribution in [0.25, 0.3) is 0 Å². The summed E-state index contributed by atoms with van der Waals surface area (Å²) in [5.41, 5.74) is 0. The summed E-state index contributed by atoms with van der Waals surface area (Å²) in [5.74, 6) is -0.871. The lowest BCUT2D eigenvalue weighted by atomic mass is 10.0. The van der Waals surface area contributed by atoms with Crippen molar-refractivity contribution in [2.24, 2.45) is 0 Å². The number of hydrogen-bond donors (Lipinski definition) is 0. The second kappa shape index (κ2) is 64.9. The molecule has 0 heterocycles. The third-order valence-corrected chi connectivity index (χ3v) is 15.1. The van der Waals surface area contributed by atoms with Crippen LogP contribution in [-0.2, 0) is 28.6 Å². The second-order valence-electron chi connectivity index (χ2n) is 22.7. The van der Waals surface area contributed by atoms with Gasteiger partial charge < -0.3 is 14.2 Å². The van der Waals surface area contributed by atoms with Crippen LogP contribution in [0.5, 0.6) is 0 Å². The lowest BCUT2D eigenvalue weighted by Gasteiger charge is -2.18. The molecule has 0 aromatic heterocycles. The van der Waals surface area contributed by atoms with Gasteiger partial charge in [-0.3, -0.25) is 14.4 Å². The average Bonchev–Trinajstić information content (AvgIpc) is 3.42. The zero-order valence-corrected chi connectivity index (χ0v) is 51.0.